The quantitative estimate of drug-likeness (QED) is 0.730. The van der Waals surface area contributed by atoms with E-state index in [-0.39, 0.29) is 18.3 Å². The Morgan fingerprint density at radius 3 is 2.95 bits per heavy atom. The van der Waals surface area contributed by atoms with E-state index in [1.54, 1.807) is 6.07 Å². The number of ether oxygens (including phenoxy) is 1. The Labute approximate surface area is 124 Å². The van der Waals surface area contributed by atoms with Gasteiger partial charge in [0.15, 0.2) is 6.61 Å². The zero-order chi connectivity index (χ0) is 16.2. The fourth-order valence-electron chi connectivity index (χ4n) is 2.06. The molecule has 0 aliphatic carbocycles. The van der Waals surface area contributed by atoms with E-state index in [9.17, 15) is 23.1 Å². The first-order valence-electron chi connectivity index (χ1n) is 6.68. The molecule has 22 heavy (non-hydrogen) atoms. The molecule has 1 aromatic rings. The van der Waals surface area contributed by atoms with Crippen molar-refractivity contribution < 1.29 is 27.8 Å². The minimum absolute atomic E-state index is 0.00581. The van der Waals surface area contributed by atoms with Crippen molar-refractivity contribution in [3.8, 4) is 5.88 Å². The fraction of sp³-hybridized carbons (Fsp3) is 0.538. The largest absolute Gasteiger partial charge is 0.468 e. The Morgan fingerprint density at radius 2 is 2.32 bits per heavy atom. The van der Waals surface area contributed by atoms with Crippen molar-refractivity contribution in [3.05, 3.63) is 23.9 Å². The first-order chi connectivity index (χ1) is 10.3. The smallest absolute Gasteiger partial charge is 0.422 e. The van der Waals surface area contributed by atoms with Crippen LogP contribution in [0.2, 0.25) is 0 Å². The van der Waals surface area contributed by atoms with Gasteiger partial charge in [-0.05, 0) is 12.5 Å². The number of halogens is 3. The number of aromatic nitrogens is 1. The number of pyridine rings is 1. The fourth-order valence-corrected chi connectivity index (χ4v) is 2.06. The third kappa shape index (κ3) is 4.85. The van der Waals surface area contributed by atoms with Crippen molar-refractivity contribution in [2.24, 2.45) is 0 Å². The predicted molar refractivity (Wildman–Crippen MR) is 70.0 cm³/mol. The van der Waals surface area contributed by atoms with Crippen LogP contribution < -0.4 is 15.4 Å². The second kappa shape index (κ2) is 6.93. The van der Waals surface area contributed by atoms with E-state index in [0.29, 0.717) is 18.5 Å². The summed E-state index contributed by atoms with van der Waals surface area (Å²) < 4.78 is 41.2. The van der Waals surface area contributed by atoms with Gasteiger partial charge in [0.2, 0.25) is 11.8 Å². The van der Waals surface area contributed by atoms with Crippen LogP contribution in [0.5, 0.6) is 5.88 Å². The average Bonchev–Trinajstić information content (AvgIpc) is 2.89. The van der Waals surface area contributed by atoms with Crippen molar-refractivity contribution in [3.63, 3.8) is 0 Å². The SMILES string of the molecule is O=C(NCc1cccnc1OCC(F)(F)F)[C@@H]1C[C@@H](O)CN1. The molecule has 6 nitrogen and oxygen atoms in total. The number of carbonyl (C=O) groups excluding carboxylic acids is 1. The minimum atomic E-state index is -4.46. The molecule has 0 spiro atoms. The maximum atomic E-state index is 12.2. The van der Waals surface area contributed by atoms with Gasteiger partial charge < -0.3 is 20.5 Å². The average molecular weight is 319 g/mol. The highest BCUT2D eigenvalue weighted by Gasteiger charge is 2.30. The van der Waals surface area contributed by atoms with Crippen LogP contribution in [0.4, 0.5) is 13.2 Å². The molecular weight excluding hydrogens is 303 g/mol. The monoisotopic (exact) mass is 319 g/mol. The molecule has 1 amide bonds. The molecule has 1 aliphatic rings. The van der Waals surface area contributed by atoms with Gasteiger partial charge in [0.1, 0.15) is 0 Å². The van der Waals surface area contributed by atoms with Gasteiger partial charge in [-0.25, -0.2) is 4.98 Å². The maximum Gasteiger partial charge on any atom is 0.422 e. The molecule has 0 aromatic carbocycles. The highest BCUT2D eigenvalue weighted by atomic mass is 19.4. The number of rotatable bonds is 5. The summed E-state index contributed by atoms with van der Waals surface area (Å²) in [7, 11) is 0. The van der Waals surface area contributed by atoms with Gasteiger partial charge in [-0.3, -0.25) is 4.79 Å². The lowest BCUT2D eigenvalue weighted by Crippen LogP contribution is -2.40. The number of aliphatic hydroxyl groups excluding tert-OH is 1. The summed E-state index contributed by atoms with van der Waals surface area (Å²) in [6.07, 6.45) is -3.41. The Hall–Kier alpha value is -1.87. The third-order valence-electron chi connectivity index (χ3n) is 3.10. The molecule has 0 unspecified atom stereocenters. The summed E-state index contributed by atoms with van der Waals surface area (Å²) in [6, 6.07) is 2.56. The van der Waals surface area contributed by atoms with Crippen molar-refractivity contribution in [1.82, 2.24) is 15.6 Å². The molecule has 0 saturated carbocycles. The van der Waals surface area contributed by atoms with E-state index >= 15 is 0 Å². The van der Waals surface area contributed by atoms with E-state index in [1.807, 2.05) is 0 Å². The normalized spacial score (nSPS) is 21.6. The van der Waals surface area contributed by atoms with Gasteiger partial charge >= 0.3 is 6.18 Å². The number of hydrogen-bond donors (Lipinski definition) is 3. The highest BCUT2D eigenvalue weighted by Crippen LogP contribution is 2.20. The van der Waals surface area contributed by atoms with E-state index in [4.69, 9.17) is 0 Å². The molecule has 1 aromatic heterocycles. The molecule has 2 heterocycles. The number of β-amino-alcohol motifs (C(OH)–C–C–N with tert-alkyl or cyclic N) is 1. The lowest BCUT2D eigenvalue weighted by Gasteiger charge is -2.14. The number of amides is 1. The molecule has 0 radical (unpaired) electrons. The Balaban J connectivity index is 1.91. The second-order valence-electron chi connectivity index (χ2n) is 4.94. The lowest BCUT2D eigenvalue weighted by molar-refractivity contribution is -0.154. The highest BCUT2D eigenvalue weighted by molar-refractivity contribution is 5.82. The van der Waals surface area contributed by atoms with Crippen molar-refractivity contribution in [1.29, 1.82) is 0 Å². The van der Waals surface area contributed by atoms with Crippen LogP contribution in [-0.4, -0.2) is 47.5 Å². The van der Waals surface area contributed by atoms with Gasteiger partial charge in [-0.15, -0.1) is 0 Å². The summed E-state index contributed by atoms with van der Waals surface area (Å²) >= 11 is 0. The van der Waals surface area contributed by atoms with Crippen LogP contribution in [0.15, 0.2) is 18.3 Å². The van der Waals surface area contributed by atoms with Crippen LogP contribution in [0.25, 0.3) is 0 Å². The zero-order valence-electron chi connectivity index (χ0n) is 11.6. The van der Waals surface area contributed by atoms with Crippen molar-refractivity contribution >= 4 is 5.91 Å². The number of aliphatic hydroxyl groups is 1. The molecule has 1 aliphatic heterocycles. The summed E-state index contributed by atoms with van der Waals surface area (Å²) in [4.78, 5) is 15.6. The topological polar surface area (TPSA) is 83.5 Å². The molecule has 9 heteroatoms. The zero-order valence-corrected chi connectivity index (χ0v) is 11.6. The summed E-state index contributed by atoms with van der Waals surface area (Å²) in [5.74, 6) is -0.498. The van der Waals surface area contributed by atoms with Gasteiger partial charge in [-0.2, -0.15) is 13.2 Å². The maximum absolute atomic E-state index is 12.2. The van der Waals surface area contributed by atoms with Crippen LogP contribution in [0, 0.1) is 0 Å². The molecule has 3 N–H and O–H groups in total. The number of nitrogens with zero attached hydrogens (tertiary/aromatic N) is 1. The lowest BCUT2D eigenvalue weighted by atomic mass is 10.2. The van der Waals surface area contributed by atoms with Gasteiger partial charge in [0, 0.05) is 24.8 Å². The van der Waals surface area contributed by atoms with E-state index < -0.39 is 24.9 Å². The van der Waals surface area contributed by atoms with Crippen LogP contribution >= 0.6 is 0 Å². The Morgan fingerprint density at radius 1 is 1.55 bits per heavy atom. The van der Waals surface area contributed by atoms with Crippen LogP contribution in [0.3, 0.4) is 0 Å². The minimum Gasteiger partial charge on any atom is -0.468 e. The number of alkyl halides is 3. The number of carbonyl (C=O) groups is 1. The standard InChI is InChI=1S/C13H16F3N3O3/c14-13(15,16)7-22-12-8(2-1-3-17-12)5-19-11(21)10-4-9(20)6-18-10/h1-3,9-10,18,20H,4-7H2,(H,19,21)/t9-,10+/m1/s1. The van der Waals surface area contributed by atoms with E-state index in [2.05, 4.69) is 20.4 Å². The number of hydrogen-bond acceptors (Lipinski definition) is 5. The van der Waals surface area contributed by atoms with Gasteiger partial charge in [-0.1, -0.05) is 6.07 Å². The van der Waals surface area contributed by atoms with E-state index in [1.165, 1.54) is 12.3 Å². The number of nitrogens with one attached hydrogen (secondary N) is 2. The van der Waals surface area contributed by atoms with Crippen molar-refractivity contribution in [2.75, 3.05) is 13.2 Å². The van der Waals surface area contributed by atoms with E-state index in [0.717, 1.165) is 0 Å². The third-order valence-corrected chi connectivity index (χ3v) is 3.10. The molecule has 2 rings (SSSR count). The Bertz CT molecular complexity index is 525. The first-order valence-corrected chi connectivity index (χ1v) is 6.68. The summed E-state index contributed by atoms with van der Waals surface area (Å²) in [5.41, 5.74) is 0.346. The molecular formula is C13H16F3N3O3. The van der Waals surface area contributed by atoms with Crippen molar-refractivity contribution in [2.45, 2.75) is 31.3 Å². The van der Waals surface area contributed by atoms with Crippen LogP contribution in [0.1, 0.15) is 12.0 Å². The molecule has 0 bridgehead atoms. The molecule has 1 fully saturated rings. The first kappa shape index (κ1) is 16.5. The van der Waals surface area contributed by atoms with Gasteiger partial charge in [0.25, 0.3) is 0 Å². The molecule has 2 atom stereocenters. The summed E-state index contributed by atoms with van der Waals surface area (Å²) in [6.45, 7) is -1.11. The van der Waals surface area contributed by atoms with Crippen LogP contribution in [-0.2, 0) is 11.3 Å². The predicted octanol–water partition coefficient (Wildman–Crippen LogP) is 0.362. The second-order valence-corrected chi connectivity index (χ2v) is 4.94. The van der Waals surface area contributed by atoms with Gasteiger partial charge in [0.05, 0.1) is 12.1 Å². The summed E-state index contributed by atoms with van der Waals surface area (Å²) in [5, 5.41) is 14.8. The molecule has 122 valence electrons. The Kier molecular flexibility index (Phi) is 5.19. The molecule has 1 saturated heterocycles.